The van der Waals surface area contributed by atoms with Crippen molar-refractivity contribution >= 4 is 45.8 Å². The number of halogens is 2. The molecule has 3 aromatic rings. The molecule has 2 heterocycles. The lowest BCUT2D eigenvalue weighted by atomic mass is 9.93. The van der Waals surface area contributed by atoms with E-state index in [0.29, 0.717) is 52.3 Å². The van der Waals surface area contributed by atoms with Gasteiger partial charge in [-0.15, -0.1) is 0 Å². The summed E-state index contributed by atoms with van der Waals surface area (Å²) in [7, 11) is 0. The molecule has 36 heavy (non-hydrogen) atoms. The molecule has 0 saturated carbocycles. The Bertz CT molecular complexity index is 1430. The number of allylic oxidation sites excluding steroid dienone is 2. The normalized spacial score (nSPS) is 19.1. The highest BCUT2D eigenvalue weighted by atomic mass is 35.5. The summed E-state index contributed by atoms with van der Waals surface area (Å²) in [6, 6.07) is 15.0. The van der Waals surface area contributed by atoms with Gasteiger partial charge in [-0.1, -0.05) is 59.6 Å². The number of amidine groups is 1. The number of nitrogens with zero attached hydrogens (tertiary/aromatic N) is 3. The smallest absolute Gasteiger partial charge is 0.258 e. The number of aromatic amines is 1. The minimum Gasteiger partial charge on any atom is -0.313 e. The van der Waals surface area contributed by atoms with Crippen molar-refractivity contribution in [3.8, 4) is 0 Å². The molecule has 0 saturated heterocycles. The Hall–Kier alpha value is -3.26. The third-order valence-corrected chi connectivity index (χ3v) is 6.77. The van der Waals surface area contributed by atoms with E-state index in [1.54, 1.807) is 36.4 Å². The molecule has 0 unspecified atom stereocenters. The number of benzene rings is 2. The maximum Gasteiger partial charge on any atom is 0.258 e. The first-order valence-electron chi connectivity index (χ1n) is 11.8. The second kappa shape index (κ2) is 10.8. The van der Waals surface area contributed by atoms with Gasteiger partial charge in [-0.3, -0.25) is 19.5 Å². The molecule has 2 aromatic carbocycles. The topological polar surface area (TPSA) is 90.5 Å². The van der Waals surface area contributed by atoms with E-state index < -0.39 is 0 Å². The van der Waals surface area contributed by atoms with E-state index in [4.69, 9.17) is 28.2 Å². The van der Waals surface area contributed by atoms with Crippen LogP contribution in [0.25, 0.3) is 10.9 Å². The number of fused-ring (bicyclic) bond motifs is 2. The number of H-pyrrole nitrogens is 1. The van der Waals surface area contributed by atoms with E-state index in [-0.39, 0.29) is 23.4 Å². The lowest BCUT2D eigenvalue weighted by molar-refractivity contribution is -0.122. The maximum atomic E-state index is 12.7. The van der Waals surface area contributed by atoms with Crippen molar-refractivity contribution in [3.63, 3.8) is 0 Å². The number of carbonyl (C=O) groups excluding carboxylic acids is 1. The summed E-state index contributed by atoms with van der Waals surface area (Å²) in [6.45, 7) is 1.49. The van der Waals surface area contributed by atoms with Crippen molar-refractivity contribution in [2.75, 3.05) is 13.1 Å². The van der Waals surface area contributed by atoms with Gasteiger partial charge in [0.05, 0.1) is 36.0 Å². The number of rotatable bonds is 8. The van der Waals surface area contributed by atoms with Gasteiger partial charge in [-0.2, -0.15) is 0 Å². The number of hydrogen-bond acceptors (Lipinski definition) is 5. The molecule has 2 atom stereocenters. The predicted octanol–water partition coefficient (Wildman–Crippen LogP) is 4.22. The first-order valence-corrected chi connectivity index (χ1v) is 12.6. The number of amides is 1. The zero-order valence-corrected chi connectivity index (χ0v) is 21.0. The second-order valence-corrected chi connectivity index (χ2v) is 9.84. The second-order valence-electron chi connectivity index (χ2n) is 8.97. The maximum absolute atomic E-state index is 12.7. The molecule has 1 amide bonds. The van der Waals surface area contributed by atoms with E-state index in [1.807, 2.05) is 18.2 Å². The Morgan fingerprint density at radius 1 is 1.03 bits per heavy atom. The van der Waals surface area contributed by atoms with Crippen LogP contribution in [0.2, 0.25) is 5.02 Å². The molecule has 2 aliphatic rings. The lowest BCUT2D eigenvalue weighted by Crippen LogP contribution is -2.49. The van der Waals surface area contributed by atoms with Gasteiger partial charge in [0.15, 0.2) is 0 Å². The molecule has 1 aliphatic heterocycles. The van der Waals surface area contributed by atoms with E-state index in [9.17, 15) is 9.59 Å². The van der Waals surface area contributed by atoms with Gasteiger partial charge in [0.25, 0.3) is 5.56 Å². The van der Waals surface area contributed by atoms with Gasteiger partial charge in [0.1, 0.15) is 11.7 Å². The summed E-state index contributed by atoms with van der Waals surface area (Å²) >= 11 is 12.3. The first-order chi connectivity index (χ1) is 17.4. The fraction of sp³-hybridized carbons (Fsp3) is 0.259. The fourth-order valence-corrected chi connectivity index (χ4v) is 4.90. The fourth-order valence-electron chi connectivity index (χ4n) is 4.53. The average Bonchev–Trinajstić information content (AvgIpc) is 2.84. The highest BCUT2D eigenvalue weighted by molar-refractivity contribution is 6.31. The summed E-state index contributed by atoms with van der Waals surface area (Å²) in [5.41, 5.74) is 1.59. The van der Waals surface area contributed by atoms with E-state index in [1.165, 1.54) is 5.56 Å². The Kier molecular flexibility index (Phi) is 7.32. The largest absolute Gasteiger partial charge is 0.313 e. The van der Waals surface area contributed by atoms with E-state index >= 15 is 0 Å². The van der Waals surface area contributed by atoms with Crippen molar-refractivity contribution in [2.45, 2.75) is 25.4 Å². The monoisotopic (exact) mass is 521 g/mol. The Balaban J connectivity index is 1.37. The van der Waals surface area contributed by atoms with Gasteiger partial charge in [-0.05, 0) is 55.3 Å². The van der Waals surface area contributed by atoms with Gasteiger partial charge in [-0.25, -0.2) is 4.98 Å². The zero-order chi connectivity index (χ0) is 25.1. The van der Waals surface area contributed by atoms with Crippen LogP contribution in [0, 0.1) is 5.92 Å². The number of carbonyl (C=O) groups is 1. The van der Waals surface area contributed by atoms with Crippen LogP contribution in [-0.2, 0) is 17.8 Å². The first kappa shape index (κ1) is 24.4. The number of hydrogen-bond donors (Lipinski definition) is 2. The molecule has 1 aliphatic carbocycles. The van der Waals surface area contributed by atoms with Gasteiger partial charge >= 0.3 is 0 Å². The van der Waals surface area contributed by atoms with E-state index in [2.05, 4.69) is 32.3 Å². The van der Waals surface area contributed by atoms with Gasteiger partial charge in [0.2, 0.25) is 5.91 Å². The average molecular weight is 522 g/mol. The minimum absolute atomic E-state index is 0.0993. The number of aryl methyl sites for hydroxylation is 1. The van der Waals surface area contributed by atoms with Crippen LogP contribution in [0.1, 0.15) is 17.8 Å². The third kappa shape index (κ3) is 5.75. The molecule has 0 fully saturated rings. The van der Waals surface area contributed by atoms with Crippen molar-refractivity contribution in [1.82, 2.24) is 20.2 Å². The van der Waals surface area contributed by atoms with Crippen LogP contribution in [0.3, 0.4) is 0 Å². The van der Waals surface area contributed by atoms with Crippen molar-refractivity contribution in [1.29, 1.82) is 0 Å². The molecule has 0 bridgehead atoms. The highest BCUT2D eigenvalue weighted by Crippen LogP contribution is 2.24. The minimum atomic E-state index is -0.356. The van der Waals surface area contributed by atoms with Crippen molar-refractivity contribution in [2.24, 2.45) is 10.9 Å². The van der Waals surface area contributed by atoms with Gasteiger partial charge in [0, 0.05) is 10.1 Å². The van der Waals surface area contributed by atoms with Crippen LogP contribution in [-0.4, -0.2) is 45.7 Å². The molecule has 1 aromatic heterocycles. The molecule has 9 heteroatoms. The SMILES string of the molecule is O=C1NC(CN(CCCc2ccccc2)Cc2nc3cc(Cl)ccc3c(=O)[nH]2)=N[C@@H]2C=C(Cl)C=C[C@@H]12. The Morgan fingerprint density at radius 2 is 1.86 bits per heavy atom. The lowest BCUT2D eigenvalue weighted by Gasteiger charge is -2.30. The molecule has 0 radical (unpaired) electrons. The molecule has 184 valence electrons. The van der Waals surface area contributed by atoms with Crippen LogP contribution in [0.5, 0.6) is 0 Å². The highest BCUT2D eigenvalue weighted by Gasteiger charge is 2.32. The van der Waals surface area contributed by atoms with Crippen LogP contribution in [0.15, 0.2) is 81.6 Å². The summed E-state index contributed by atoms with van der Waals surface area (Å²) in [5.74, 6) is 0.644. The predicted molar refractivity (Wildman–Crippen MR) is 143 cm³/mol. The number of nitrogens with one attached hydrogen (secondary N) is 2. The van der Waals surface area contributed by atoms with Crippen molar-refractivity contribution < 1.29 is 4.79 Å². The summed E-state index contributed by atoms with van der Waals surface area (Å²) in [5, 5.41) is 4.52. The Morgan fingerprint density at radius 3 is 2.69 bits per heavy atom. The molecule has 7 nitrogen and oxygen atoms in total. The van der Waals surface area contributed by atoms with Crippen LogP contribution >= 0.6 is 23.2 Å². The number of aromatic nitrogens is 2. The molecule has 2 N–H and O–H groups in total. The van der Waals surface area contributed by atoms with Crippen LogP contribution in [0.4, 0.5) is 0 Å². The van der Waals surface area contributed by atoms with Gasteiger partial charge < -0.3 is 10.3 Å². The standard InChI is InChI=1S/C27H25Cl2N5O2/c28-18-8-10-20-22(13-18)30-24(32-26(20)35)15-34(12-4-7-17-5-2-1-3-6-17)16-25-31-23-14-19(29)9-11-21(23)27(36)33-25/h1-3,5-6,8-11,13-14,20,22H,4,7,12,15-16H2,(H,30,32,35)(H,31,33,36)/t20-,22-/m1/s1. The zero-order valence-electron chi connectivity index (χ0n) is 19.5. The summed E-state index contributed by atoms with van der Waals surface area (Å²) in [6.07, 6.45) is 7.11. The summed E-state index contributed by atoms with van der Waals surface area (Å²) < 4.78 is 0. The molecule has 5 rings (SSSR count). The quantitative estimate of drug-likeness (QED) is 0.464. The molecular formula is C27H25Cl2N5O2. The van der Waals surface area contributed by atoms with Crippen LogP contribution < -0.4 is 10.9 Å². The number of aliphatic imine (C=N–C) groups is 1. The molecular weight excluding hydrogens is 497 g/mol. The molecule has 0 spiro atoms. The van der Waals surface area contributed by atoms with E-state index in [0.717, 1.165) is 12.8 Å². The Labute approximate surface area is 218 Å². The third-order valence-electron chi connectivity index (χ3n) is 6.28. The van der Waals surface area contributed by atoms with Crippen molar-refractivity contribution in [3.05, 3.63) is 98.6 Å². The summed E-state index contributed by atoms with van der Waals surface area (Å²) in [4.78, 5) is 39.8.